The van der Waals surface area contributed by atoms with Crippen molar-refractivity contribution >= 4 is 35.0 Å². The molecule has 1 saturated heterocycles. The molecule has 2 aliphatic rings. The van der Waals surface area contributed by atoms with E-state index in [-0.39, 0.29) is 37.5 Å². The monoisotopic (exact) mass is 419 g/mol. The molecule has 3 rings (SSSR count). The Morgan fingerprint density at radius 1 is 1.24 bits per heavy atom. The van der Waals surface area contributed by atoms with Gasteiger partial charge in [0, 0.05) is 23.7 Å². The number of halogens is 1. The summed E-state index contributed by atoms with van der Waals surface area (Å²) in [6.45, 7) is 4.48. The van der Waals surface area contributed by atoms with E-state index in [0.29, 0.717) is 23.9 Å². The number of anilines is 1. The Morgan fingerprint density at radius 2 is 1.97 bits per heavy atom. The van der Waals surface area contributed by atoms with E-state index in [1.165, 1.54) is 30.6 Å². The number of likely N-dealkylation sites (N-methyl/N-ethyl adjacent to an activating group) is 1. The Kier molecular flexibility index (Phi) is 7.17. The SMILES string of the molecule is CCN(CC(=O)N1CC(=O)N(c2cccc(Cl)c2C)C1)C(=O)CCC1CCCC1. The third-order valence-corrected chi connectivity index (χ3v) is 6.53. The highest BCUT2D eigenvalue weighted by Crippen LogP contribution is 2.30. The van der Waals surface area contributed by atoms with Crippen LogP contribution in [0.1, 0.15) is 51.0 Å². The molecule has 1 saturated carbocycles. The highest BCUT2D eigenvalue weighted by Gasteiger charge is 2.33. The molecule has 0 atom stereocenters. The fourth-order valence-corrected chi connectivity index (χ4v) is 4.41. The number of amides is 3. The third kappa shape index (κ3) is 5.10. The Hall–Kier alpha value is -2.08. The lowest BCUT2D eigenvalue weighted by molar-refractivity contribution is -0.140. The minimum atomic E-state index is -0.198. The Labute approximate surface area is 177 Å². The Bertz CT molecular complexity index is 777. The van der Waals surface area contributed by atoms with Crippen LogP contribution in [0, 0.1) is 12.8 Å². The number of carbonyl (C=O) groups excluding carboxylic acids is 3. The Morgan fingerprint density at radius 3 is 2.66 bits per heavy atom. The van der Waals surface area contributed by atoms with Crippen molar-refractivity contribution < 1.29 is 14.4 Å². The lowest BCUT2D eigenvalue weighted by atomic mass is 10.0. The molecule has 158 valence electrons. The van der Waals surface area contributed by atoms with Gasteiger partial charge in [-0.05, 0) is 43.9 Å². The summed E-state index contributed by atoms with van der Waals surface area (Å²) in [6.07, 6.45) is 6.37. The van der Waals surface area contributed by atoms with Gasteiger partial charge >= 0.3 is 0 Å². The predicted octanol–water partition coefficient (Wildman–Crippen LogP) is 3.60. The first-order chi connectivity index (χ1) is 13.9. The molecule has 0 unspecified atom stereocenters. The molecular formula is C22H30ClN3O3. The van der Waals surface area contributed by atoms with Crippen LogP contribution in [0.4, 0.5) is 5.69 Å². The minimum Gasteiger partial charge on any atom is -0.334 e. The zero-order chi connectivity index (χ0) is 21.0. The predicted molar refractivity (Wildman–Crippen MR) is 114 cm³/mol. The zero-order valence-electron chi connectivity index (χ0n) is 17.3. The van der Waals surface area contributed by atoms with Crippen molar-refractivity contribution in [1.29, 1.82) is 0 Å². The van der Waals surface area contributed by atoms with E-state index in [4.69, 9.17) is 11.6 Å². The van der Waals surface area contributed by atoms with Gasteiger partial charge in [-0.15, -0.1) is 0 Å². The van der Waals surface area contributed by atoms with Crippen LogP contribution in [0.2, 0.25) is 5.02 Å². The van der Waals surface area contributed by atoms with E-state index in [1.54, 1.807) is 21.9 Å². The topological polar surface area (TPSA) is 60.9 Å². The first kappa shape index (κ1) is 21.6. The van der Waals surface area contributed by atoms with Crippen LogP contribution in [0.5, 0.6) is 0 Å². The third-order valence-electron chi connectivity index (χ3n) is 6.12. The molecule has 1 aliphatic heterocycles. The molecule has 1 heterocycles. The van der Waals surface area contributed by atoms with E-state index in [0.717, 1.165) is 17.7 Å². The molecule has 7 heteroatoms. The summed E-state index contributed by atoms with van der Waals surface area (Å²) in [5.41, 5.74) is 1.53. The maximum Gasteiger partial charge on any atom is 0.248 e. The lowest BCUT2D eigenvalue weighted by Gasteiger charge is -2.25. The maximum absolute atomic E-state index is 12.8. The minimum absolute atomic E-state index is 0.0235. The summed E-state index contributed by atoms with van der Waals surface area (Å²) >= 11 is 6.18. The van der Waals surface area contributed by atoms with Crippen molar-refractivity contribution in [1.82, 2.24) is 9.80 Å². The summed E-state index contributed by atoms with van der Waals surface area (Å²) in [5, 5.41) is 0.588. The van der Waals surface area contributed by atoms with Crippen molar-refractivity contribution in [3.05, 3.63) is 28.8 Å². The van der Waals surface area contributed by atoms with Crippen LogP contribution in [-0.2, 0) is 14.4 Å². The maximum atomic E-state index is 12.8. The fraction of sp³-hybridized carbons (Fsp3) is 0.591. The van der Waals surface area contributed by atoms with E-state index >= 15 is 0 Å². The van der Waals surface area contributed by atoms with Gasteiger partial charge in [-0.3, -0.25) is 19.3 Å². The summed E-state index contributed by atoms with van der Waals surface area (Å²) < 4.78 is 0. The molecule has 29 heavy (non-hydrogen) atoms. The molecule has 0 aromatic heterocycles. The van der Waals surface area contributed by atoms with Gasteiger partial charge in [0.25, 0.3) is 0 Å². The van der Waals surface area contributed by atoms with Gasteiger partial charge < -0.3 is 9.80 Å². The summed E-state index contributed by atoms with van der Waals surface area (Å²) in [4.78, 5) is 42.6. The summed E-state index contributed by atoms with van der Waals surface area (Å²) in [6, 6.07) is 5.41. The van der Waals surface area contributed by atoms with Gasteiger partial charge in [0.1, 0.15) is 13.2 Å². The van der Waals surface area contributed by atoms with E-state index in [2.05, 4.69) is 0 Å². The lowest BCUT2D eigenvalue weighted by Crippen LogP contribution is -2.42. The van der Waals surface area contributed by atoms with E-state index < -0.39 is 0 Å². The molecular weight excluding hydrogens is 390 g/mol. The first-order valence-corrected chi connectivity index (χ1v) is 10.9. The van der Waals surface area contributed by atoms with Crippen LogP contribution < -0.4 is 4.90 Å². The van der Waals surface area contributed by atoms with Gasteiger partial charge in [0.2, 0.25) is 17.7 Å². The second-order valence-electron chi connectivity index (χ2n) is 8.04. The normalized spacial score (nSPS) is 17.3. The molecule has 0 radical (unpaired) electrons. The fourth-order valence-electron chi connectivity index (χ4n) is 4.24. The molecule has 1 aliphatic carbocycles. The molecule has 1 aromatic rings. The van der Waals surface area contributed by atoms with Crippen LogP contribution in [0.15, 0.2) is 18.2 Å². The first-order valence-electron chi connectivity index (χ1n) is 10.5. The Balaban J connectivity index is 1.57. The standard InChI is InChI=1S/C22H30ClN3O3/c1-3-24(20(27)12-11-17-7-4-5-8-17)13-21(28)25-14-22(29)26(15-25)19-10-6-9-18(23)16(19)2/h6,9-10,17H,3-5,7-8,11-15H2,1-2H3. The number of benzene rings is 1. The van der Waals surface area contributed by atoms with Gasteiger partial charge in [0.05, 0.1) is 6.54 Å². The van der Waals surface area contributed by atoms with E-state index in [1.807, 2.05) is 19.9 Å². The number of rotatable bonds is 7. The molecule has 0 N–H and O–H groups in total. The highest BCUT2D eigenvalue weighted by atomic mass is 35.5. The highest BCUT2D eigenvalue weighted by molar-refractivity contribution is 6.31. The smallest absolute Gasteiger partial charge is 0.248 e. The van der Waals surface area contributed by atoms with Gasteiger partial charge in [-0.1, -0.05) is 43.4 Å². The van der Waals surface area contributed by atoms with Crippen molar-refractivity contribution in [2.75, 3.05) is 31.2 Å². The number of carbonyl (C=O) groups is 3. The molecule has 1 aromatic carbocycles. The van der Waals surface area contributed by atoms with Crippen LogP contribution in [-0.4, -0.2) is 53.8 Å². The average Bonchev–Trinajstić information content (AvgIpc) is 3.36. The van der Waals surface area contributed by atoms with Crippen molar-refractivity contribution in [2.45, 2.75) is 52.4 Å². The summed E-state index contributed by atoms with van der Waals surface area (Å²) in [5.74, 6) is 0.343. The quantitative estimate of drug-likeness (QED) is 0.678. The molecule has 3 amide bonds. The second-order valence-corrected chi connectivity index (χ2v) is 8.44. The van der Waals surface area contributed by atoms with Crippen molar-refractivity contribution in [2.24, 2.45) is 5.92 Å². The van der Waals surface area contributed by atoms with Crippen molar-refractivity contribution in [3.63, 3.8) is 0 Å². The second kappa shape index (κ2) is 9.61. The number of hydrogen-bond donors (Lipinski definition) is 0. The molecule has 0 spiro atoms. The average molecular weight is 420 g/mol. The molecule has 0 bridgehead atoms. The zero-order valence-corrected chi connectivity index (χ0v) is 18.1. The van der Waals surface area contributed by atoms with Gasteiger partial charge in [0.15, 0.2) is 0 Å². The summed E-state index contributed by atoms with van der Waals surface area (Å²) in [7, 11) is 0. The van der Waals surface area contributed by atoms with Crippen LogP contribution >= 0.6 is 11.6 Å². The largest absolute Gasteiger partial charge is 0.334 e. The number of nitrogens with zero attached hydrogens (tertiary/aromatic N) is 3. The number of hydrogen-bond acceptors (Lipinski definition) is 3. The molecule has 2 fully saturated rings. The van der Waals surface area contributed by atoms with E-state index in [9.17, 15) is 14.4 Å². The van der Waals surface area contributed by atoms with Gasteiger partial charge in [-0.2, -0.15) is 0 Å². The van der Waals surface area contributed by atoms with Crippen LogP contribution in [0.3, 0.4) is 0 Å². The van der Waals surface area contributed by atoms with Crippen LogP contribution in [0.25, 0.3) is 0 Å². The van der Waals surface area contributed by atoms with Gasteiger partial charge in [-0.25, -0.2) is 0 Å². The molecule has 6 nitrogen and oxygen atoms in total. The van der Waals surface area contributed by atoms with Crippen molar-refractivity contribution in [3.8, 4) is 0 Å².